The lowest BCUT2D eigenvalue weighted by Gasteiger charge is -2.24. The van der Waals surface area contributed by atoms with Crippen LogP contribution in [0.2, 0.25) is 0 Å². The van der Waals surface area contributed by atoms with E-state index >= 15 is 0 Å². The predicted molar refractivity (Wildman–Crippen MR) is 78.6 cm³/mol. The van der Waals surface area contributed by atoms with Crippen LogP contribution in [0.15, 0.2) is 29.2 Å². The third kappa shape index (κ3) is 4.37. The van der Waals surface area contributed by atoms with Crippen molar-refractivity contribution in [1.82, 2.24) is 4.72 Å². The Balaban J connectivity index is 2.81. The lowest BCUT2D eigenvalue weighted by Crippen LogP contribution is -2.34. The summed E-state index contributed by atoms with van der Waals surface area (Å²) in [6.45, 7) is 6.34. The summed E-state index contributed by atoms with van der Waals surface area (Å²) in [5.41, 5.74) is 0.711. The molecule has 1 aromatic rings. The molecule has 0 aliphatic rings. The zero-order valence-electron chi connectivity index (χ0n) is 11.0. The molecule has 0 spiro atoms. The van der Waals surface area contributed by atoms with Crippen molar-refractivity contribution in [2.24, 2.45) is 5.41 Å². The average Bonchev–Trinajstić information content (AvgIpc) is 2.27. The second-order valence-corrected chi connectivity index (χ2v) is 7.72. The molecule has 5 heteroatoms. The quantitative estimate of drug-likeness (QED) is 0.813. The standard InChI is InChI=1S/C13H20BrNO2S/c1-11-6-4-5-7-12(11)18(16,17)15-10-13(2,3)8-9-14/h4-7,15H,8-10H2,1-3H3. The largest absolute Gasteiger partial charge is 0.240 e. The summed E-state index contributed by atoms with van der Waals surface area (Å²) in [6.07, 6.45) is 0.920. The maximum absolute atomic E-state index is 12.2. The van der Waals surface area contributed by atoms with Gasteiger partial charge in [-0.2, -0.15) is 0 Å². The van der Waals surface area contributed by atoms with Gasteiger partial charge in [-0.3, -0.25) is 0 Å². The predicted octanol–water partition coefficient (Wildman–Crippen LogP) is 3.08. The Morgan fingerprint density at radius 3 is 2.44 bits per heavy atom. The summed E-state index contributed by atoms with van der Waals surface area (Å²) < 4.78 is 27.1. The van der Waals surface area contributed by atoms with E-state index in [1.807, 2.05) is 6.07 Å². The Bertz CT molecular complexity index is 497. The van der Waals surface area contributed by atoms with Crippen LogP contribution >= 0.6 is 15.9 Å². The van der Waals surface area contributed by atoms with Gasteiger partial charge >= 0.3 is 0 Å². The molecule has 0 saturated carbocycles. The highest BCUT2D eigenvalue weighted by molar-refractivity contribution is 9.09. The molecule has 0 saturated heterocycles. The topological polar surface area (TPSA) is 46.2 Å². The van der Waals surface area contributed by atoms with Crippen molar-refractivity contribution in [2.75, 3.05) is 11.9 Å². The van der Waals surface area contributed by atoms with Crippen molar-refractivity contribution in [3.8, 4) is 0 Å². The molecule has 0 aliphatic heterocycles. The molecule has 18 heavy (non-hydrogen) atoms. The zero-order valence-corrected chi connectivity index (χ0v) is 13.4. The molecule has 0 bridgehead atoms. The number of halogens is 1. The van der Waals surface area contributed by atoms with Gasteiger partial charge in [0.1, 0.15) is 0 Å². The molecular weight excluding hydrogens is 314 g/mol. The lowest BCUT2D eigenvalue weighted by atomic mass is 9.91. The molecule has 102 valence electrons. The second-order valence-electron chi connectivity index (χ2n) is 5.19. The smallest absolute Gasteiger partial charge is 0.211 e. The van der Waals surface area contributed by atoms with Crippen molar-refractivity contribution in [2.45, 2.75) is 32.1 Å². The van der Waals surface area contributed by atoms with Crippen molar-refractivity contribution in [3.63, 3.8) is 0 Å². The minimum absolute atomic E-state index is 0.0563. The van der Waals surface area contributed by atoms with Crippen LogP contribution < -0.4 is 4.72 Å². The van der Waals surface area contributed by atoms with Crippen LogP contribution in [0.4, 0.5) is 0 Å². The molecule has 0 aliphatic carbocycles. The number of hydrogen-bond donors (Lipinski definition) is 1. The Labute approximate surface area is 118 Å². The number of benzene rings is 1. The van der Waals surface area contributed by atoms with Gasteiger partial charge in [0, 0.05) is 11.9 Å². The number of nitrogens with one attached hydrogen (secondary N) is 1. The lowest BCUT2D eigenvalue weighted by molar-refractivity contribution is 0.354. The van der Waals surface area contributed by atoms with Gasteiger partial charge in [0.2, 0.25) is 10.0 Å². The number of hydrogen-bond acceptors (Lipinski definition) is 2. The van der Waals surface area contributed by atoms with E-state index in [0.717, 1.165) is 17.3 Å². The van der Waals surface area contributed by atoms with Gasteiger partial charge in [0.05, 0.1) is 4.90 Å². The van der Waals surface area contributed by atoms with Gasteiger partial charge in [0.15, 0.2) is 0 Å². The number of aryl methyl sites for hydroxylation is 1. The van der Waals surface area contributed by atoms with Gasteiger partial charge in [-0.15, -0.1) is 0 Å². The molecule has 1 rings (SSSR count). The molecule has 0 radical (unpaired) electrons. The van der Waals surface area contributed by atoms with Gasteiger partial charge < -0.3 is 0 Å². The maximum atomic E-state index is 12.2. The Hall–Kier alpha value is -0.390. The van der Waals surface area contributed by atoms with Crippen LogP contribution in [0.25, 0.3) is 0 Å². The molecule has 3 nitrogen and oxygen atoms in total. The van der Waals surface area contributed by atoms with E-state index in [-0.39, 0.29) is 5.41 Å². The fraction of sp³-hybridized carbons (Fsp3) is 0.538. The number of alkyl halides is 1. The summed E-state index contributed by atoms with van der Waals surface area (Å²) in [6, 6.07) is 7.02. The van der Waals surface area contributed by atoms with Gasteiger partial charge in [-0.25, -0.2) is 13.1 Å². The monoisotopic (exact) mass is 333 g/mol. The molecule has 1 aromatic carbocycles. The molecule has 0 unspecified atom stereocenters. The Morgan fingerprint density at radius 1 is 1.28 bits per heavy atom. The van der Waals surface area contributed by atoms with E-state index in [9.17, 15) is 8.42 Å². The van der Waals surface area contributed by atoms with Gasteiger partial charge in [-0.05, 0) is 30.4 Å². The first kappa shape index (κ1) is 15.7. The summed E-state index contributed by atoms with van der Waals surface area (Å²) in [5, 5.41) is 0.867. The van der Waals surface area contributed by atoms with E-state index in [1.165, 1.54) is 0 Å². The normalized spacial score (nSPS) is 12.7. The van der Waals surface area contributed by atoms with Crippen molar-refractivity contribution < 1.29 is 8.42 Å². The molecule has 0 aromatic heterocycles. The SMILES string of the molecule is Cc1ccccc1S(=O)(=O)NCC(C)(C)CCBr. The van der Waals surface area contributed by atoms with Crippen molar-refractivity contribution >= 4 is 26.0 Å². The van der Waals surface area contributed by atoms with Crippen molar-refractivity contribution in [1.29, 1.82) is 0 Å². The maximum Gasteiger partial charge on any atom is 0.240 e. The first-order valence-corrected chi connectivity index (χ1v) is 8.50. The highest BCUT2D eigenvalue weighted by Crippen LogP contribution is 2.21. The average molecular weight is 334 g/mol. The number of rotatable bonds is 6. The Morgan fingerprint density at radius 2 is 1.89 bits per heavy atom. The number of sulfonamides is 1. The van der Waals surface area contributed by atoms with E-state index in [0.29, 0.717) is 11.4 Å². The van der Waals surface area contributed by atoms with Gasteiger partial charge in [0.25, 0.3) is 0 Å². The van der Waals surface area contributed by atoms with Crippen LogP contribution in [-0.2, 0) is 10.0 Å². The van der Waals surface area contributed by atoms with Crippen LogP contribution in [0.3, 0.4) is 0 Å². The zero-order chi connectivity index (χ0) is 13.8. The third-order valence-electron chi connectivity index (χ3n) is 2.90. The summed E-state index contributed by atoms with van der Waals surface area (Å²) in [5.74, 6) is 0. The molecule has 0 heterocycles. The first-order chi connectivity index (χ1) is 8.28. The first-order valence-electron chi connectivity index (χ1n) is 5.90. The van der Waals surface area contributed by atoms with E-state index in [4.69, 9.17) is 0 Å². The summed E-state index contributed by atoms with van der Waals surface area (Å²) >= 11 is 3.38. The molecule has 0 amide bonds. The minimum atomic E-state index is -3.41. The van der Waals surface area contributed by atoms with Crippen LogP contribution in [0.5, 0.6) is 0 Å². The van der Waals surface area contributed by atoms with Crippen LogP contribution in [0.1, 0.15) is 25.8 Å². The fourth-order valence-electron chi connectivity index (χ4n) is 1.57. The third-order valence-corrected chi connectivity index (χ3v) is 4.85. The highest BCUT2D eigenvalue weighted by atomic mass is 79.9. The molecule has 0 fully saturated rings. The van der Waals surface area contributed by atoms with E-state index in [2.05, 4.69) is 34.5 Å². The summed E-state index contributed by atoms with van der Waals surface area (Å²) in [4.78, 5) is 0.361. The Kier molecular flexibility index (Phi) is 5.37. The van der Waals surface area contributed by atoms with Gasteiger partial charge in [-0.1, -0.05) is 48.0 Å². The van der Waals surface area contributed by atoms with Crippen molar-refractivity contribution in [3.05, 3.63) is 29.8 Å². The van der Waals surface area contributed by atoms with E-state index < -0.39 is 10.0 Å². The second kappa shape index (κ2) is 6.17. The van der Waals surface area contributed by atoms with Crippen LogP contribution in [0, 0.1) is 12.3 Å². The fourth-order valence-corrected chi connectivity index (χ4v) is 4.13. The van der Waals surface area contributed by atoms with E-state index in [1.54, 1.807) is 25.1 Å². The summed E-state index contributed by atoms with van der Waals surface area (Å²) in [7, 11) is -3.41. The molecule has 1 N–H and O–H groups in total. The van der Waals surface area contributed by atoms with Crippen LogP contribution in [-0.4, -0.2) is 20.3 Å². The molecular formula is C13H20BrNO2S. The highest BCUT2D eigenvalue weighted by Gasteiger charge is 2.22. The minimum Gasteiger partial charge on any atom is -0.211 e. The molecule has 0 atom stereocenters.